The van der Waals surface area contributed by atoms with Crippen molar-refractivity contribution in [3.05, 3.63) is 35.9 Å². The first-order valence-electron chi connectivity index (χ1n) is 11.0. The summed E-state index contributed by atoms with van der Waals surface area (Å²) in [6, 6.07) is 7.48. The fraction of sp³-hybridized carbons (Fsp3) is 0.636. The van der Waals surface area contributed by atoms with Gasteiger partial charge in [0.05, 0.1) is 17.0 Å². The summed E-state index contributed by atoms with van der Waals surface area (Å²) in [5, 5.41) is 13.1. The lowest BCUT2D eigenvalue weighted by atomic mass is 9.81. The summed E-state index contributed by atoms with van der Waals surface area (Å²) in [6.07, 6.45) is -8.35. The molecule has 1 aromatic carbocycles. The van der Waals surface area contributed by atoms with Crippen molar-refractivity contribution < 1.29 is 45.1 Å². The first kappa shape index (κ1) is 29.1. The fourth-order valence-corrected chi connectivity index (χ4v) is 5.66. The number of nitrogens with one attached hydrogen (secondary N) is 2. The number of sulfone groups is 1. The minimum absolute atomic E-state index is 0.0174. The molecule has 4 atom stereocenters. The monoisotopic (exact) mass is 528 g/mol. The molecule has 1 aromatic rings. The molecule has 0 bridgehead atoms. The van der Waals surface area contributed by atoms with Crippen molar-refractivity contribution in [2.75, 3.05) is 13.1 Å². The van der Waals surface area contributed by atoms with E-state index in [-0.39, 0.29) is 18.7 Å². The molecule has 2 rings (SSSR count). The van der Waals surface area contributed by atoms with Crippen molar-refractivity contribution in [1.82, 2.24) is 10.6 Å². The Bertz CT molecular complexity index is 986. The van der Waals surface area contributed by atoms with Gasteiger partial charge in [0.25, 0.3) is 5.91 Å². The van der Waals surface area contributed by atoms with Crippen molar-refractivity contribution in [1.29, 1.82) is 0 Å². The molecule has 1 saturated heterocycles. The van der Waals surface area contributed by atoms with Gasteiger partial charge in [-0.25, -0.2) is 8.42 Å². The zero-order chi connectivity index (χ0) is 26.6. The quantitative estimate of drug-likeness (QED) is 0.380. The summed E-state index contributed by atoms with van der Waals surface area (Å²) < 4.78 is 91.1. The fourth-order valence-electron chi connectivity index (χ4n) is 3.93. The van der Waals surface area contributed by atoms with Gasteiger partial charge in [-0.1, -0.05) is 44.2 Å². The maximum Gasteiger partial charge on any atom is 0.405 e. The topological polar surface area (TPSA) is 113 Å². The Morgan fingerprint density at radius 1 is 1.14 bits per heavy atom. The van der Waals surface area contributed by atoms with Gasteiger partial charge in [0.15, 0.2) is 9.84 Å². The second-order valence-corrected chi connectivity index (χ2v) is 11.3. The van der Waals surface area contributed by atoms with Crippen LogP contribution in [-0.4, -0.2) is 67.8 Å². The van der Waals surface area contributed by atoms with Gasteiger partial charge in [-0.15, -0.1) is 0 Å². The molecule has 0 unspecified atom stereocenters. The van der Waals surface area contributed by atoms with E-state index in [9.17, 15) is 45.1 Å². The molecular formula is C22H29F5N2O5S. The van der Waals surface area contributed by atoms with Gasteiger partial charge in [-0.3, -0.25) is 9.59 Å². The molecule has 1 fully saturated rings. The molecule has 35 heavy (non-hydrogen) atoms. The van der Waals surface area contributed by atoms with Gasteiger partial charge < -0.3 is 15.7 Å². The number of carbonyl (C=O) groups is 2. The molecule has 7 nitrogen and oxygen atoms in total. The van der Waals surface area contributed by atoms with Crippen LogP contribution in [0.2, 0.25) is 0 Å². The van der Waals surface area contributed by atoms with E-state index < -0.39 is 75.8 Å². The zero-order valence-corrected chi connectivity index (χ0v) is 20.0. The molecular weight excluding hydrogens is 499 g/mol. The number of benzene rings is 1. The highest BCUT2D eigenvalue weighted by Crippen LogP contribution is 2.33. The van der Waals surface area contributed by atoms with Crippen molar-refractivity contribution in [2.24, 2.45) is 11.8 Å². The molecule has 0 aromatic heterocycles. The molecule has 198 valence electrons. The Kier molecular flexibility index (Phi) is 9.39. The SMILES string of the molecule is CC(C)[C@H](CC(=O)[C@@H]1C[C@@H](S(=O)(=O)Cc2ccccc2)CN1)[C@@H](O)C(F)(F)C(=O)NCC(F)(F)F. The summed E-state index contributed by atoms with van der Waals surface area (Å²) in [4.78, 5) is 24.4. The third-order valence-corrected chi connectivity index (χ3v) is 8.13. The predicted molar refractivity (Wildman–Crippen MR) is 117 cm³/mol. The van der Waals surface area contributed by atoms with E-state index in [0.717, 1.165) is 5.32 Å². The van der Waals surface area contributed by atoms with Crippen LogP contribution in [0.15, 0.2) is 30.3 Å². The normalized spacial score (nSPS) is 21.1. The van der Waals surface area contributed by atoms with E-state index in [0.29, 0.717) is 5.56 Å². The number of amides is 1. The average molecular weight is 529 g/mol. The molecule has 1 amide bonds. The van der Waals surface area contributed by atoms with Crippen LogP contribution >= 0.6 is 0 Å². The lowest BCUT2D eigenvalue weighted by Crippen LogP contribution is -2.54. The van der Waals surface area contributed by atoms with Gasteiger partial charge >= 0.3 is 12.1 Å². The lowest BCUT2D eigenvalue weighted by molar-refractivity contribution is -0.178. The highest BCUT2D eigenvalue weighted by Gasteiger charge is 2.52. The first-order valence-corrected chi connectivity index (χ1v) is 12.7. The minimum atomic E-state index is -4.92. The molecule has 13 heteroatoms. The second-order valence-electron chi connectivity index (χ2n) is 9.06. The van der Waals surface area contributed by atoms with Gasteiger partial charge in [0.2, 0.25) is 0 Å². The van der Waals surface area contributed by atoms with Crippen molar-refractivity contribution in [2.45, 2.75) is 61.9 Å². The lowest BCUT2D eigenvalue weighted by Gasteiger charge is -2.31. The Balaban J connectivity index is 2.04. The Morgan fingerprint density at radius 2 is 1.74 bits per heavy atom. The van der Waals surface area contributed by atoms with E-state index in [1.807, 2.05) is 0 Å². The van der Waals surface area contributed by atoms with Crippen molar-refractivity contribution in [3.63, 3.8) is 0 Å². The molecule has 1 heterocycles. The maximum atomic E-state index is 14.4. The van der Waals surface area contributed by atoms with Crippen molar-refractivity contribution >= 4 is 21.5 Å². The number of halogens is 5. The minimum Gasteiger partial charge on any atom is -0.386 e. The smallest absolute Gasteiger partial charge is 0.386 e. The third kappa shape index (κ3) is 7.94. The maximum absolute atomic E-state index is 14.4. The zero-order valence-electron chi connectivity index (χ0n) is 19.2. The number of hydrogen-bond acceptors (Lipinski definition) is 6. The van der Waals surface area contributed by atoms with Gasteiger partial charge in [0.1, 0.15) is 18.4 Å². The molecule has 0 spiro atoms. The molecule has 0 saturated carbocycles. The number of aliphatic hydroxyl groups is 1. The Labute approximate surface area is 200 Å². The standard InChI is InChI=1S/C22H29F5N2O5S/c1-13(2)16(19(31)22(26,27)20(32)29-12-21(23,24)25)9-18(30)17-8-15(10-28-17)35(33,34)11-14-6-4-3-5-7-14/h3-7,13,15-17,19,28,31H,8-12H2,1-2H3,(H,29,32)/t15-,16+,17+,19-/m1/s1. The predicted octanol–water partition coefficient (Wildman–Crippen LogP) is 2.24. The van der Waals surface area contributed by atoms with E-state index in [1.165, 1.54) is 13.8 Å². The van der Waals surface area contributed by atoms with Crippen LogP contribution in [0.1, 0.15) is 32.3 Å². The van der Waals surface area contributed by atoms with Crippen LogP contribution in [0, 0.1) is 11.8 Å². The molecule has 0 aliphatic carbocycles. The molecule has 0 radical (unpaired) electrons. The average Bonchev–Trinajstić information content (AvgIpc) is 3.26. The summed E-state index contributed by atoms with van der Waals surface area (Å²) in [6.45, 7) is 0.820. The number of hydrogen-bond donors (Lipinski definition) is 3. The second kappa shape index (κ2) is 11.3. The van der Waals surface area contributed by atoms with Gasteiger partial charge in [-0.2, -0.15) is 22.0 Å². The number of rotatable bonds is 11. The number of carbonyl (C=O) groups excluding carboxylic acids is 2. The van der Waals surface area contributed by atoms with Crippen LogP contribution in [-0.2, 0) is 25.2 Å². The third-order valence-electron chi connectivity index (χ3n) is 6.02. The largest absolute Gasteiger partial charge is 0.405 e. The summed E-state index contributed by atoms with van der Waals surface area (Å²) in [7, 11) is -3.62. The Hall–Kier alpha value is -2.12. The van der Waals surface area contributed by atoms with E-state index in [4.69, 9.17) is 0 Å². The number of Topliss-reactive ketones (excluding diaryl/α,β-unsaturated/α-hetero) is 1. The number of aliphatic hydroxyl groups excluding tert-OH is 1. The number of alkyl halides is 5. The van der Waals surface area contributed by atoms with Crippen LogP contribution in [0.3, 0.4) is 0 Å². The van der Waals surface area contributed by atoms with Crippen molar-refractivity contribution in [3.8, 4) is 0 Å². The summed E-state index contributed by atoms with van der Waals surface area (Å²) in [5.74, 6) is -9.94. The molecule has 3 N–H and O–H groups in total. The Morgan fingerprint density at radius 3 is 2.29 bits per heavy atom. The molecule has 1 aliphatic rings. The molecule has 1 aliphatic heterocycles. The van der Waals surface area contributed by atoms with Gasteiger partial charge in [-0.05, 0) is 17.9 Å². The highest BCUT2D eigenvalue weighted by atomic mass is 32.2. The highest BCUT2D eigenvalue weighted by molar-refractivity contribution is 7.91. The van der Waals surface area contributed by atoms with Crippen LogP contribution < -0.4 is 10.6 Å². The van der Waals surface area contributed by atoms with Crippen LogP contribution in [0.4, 0.5) is 22.0 Å². The van der Waals surface area contributed by atoms with Gasteiger partial charge in [0, 0.05) is 18.9 Å². The summed E-state index contributed by atoms with van der Waals surface area (Å²) in [5.41, 5.74) is 0.580. The van der Waals surface area contributed by atoms with E-state index in [2.05, 4.69) is 5.32 Å². The number of ketones is 1. The van der Waals surface area contributed by atoms with E-state index >= 15 is 0 Å². The van der Waals surface area contributed by atoms with Crippen LogP contribution in [0.5, 0.6) is 0 Å². The van der Waals surface area contributed by atoms with Crippen LogP contribution in [0.25, 0.3) is 0 Å². The van der Waals surface area contributed by atoms with E-state index in [1.54, 1.807) is 30.3 Å². The summed E-state index contributed by atoms with van der Waals surface area (Å²) >= 11 is 0. The first-order chi connectivity index (χ1) is 16.0.